The minimum Gasteiger partial charge on any atom is -0.354 e. The second-order valence-electron chi connectivity index (χ2n) is 1.92. The van der Waals surface area contributed by atoms with Crippen molar-refractivity contribution in [1.29, 1.82) is 0 Å². The summed E-state index contributed by atoms with van der Waals surface area (Å²) in [6.07, 6.45) is 3.40. The van der Waals surface area contributed by atoms with E-state index in [0.717, 1.165) is 19.4 Å². The molecule has 0 rings (SSSR count). The molecular weight excluding hydrogens is 148 g/mol. The summed E-state index contributed by atoms with van der Waals surface area (Å²) in [6, 6.07) is 0. The minimum atomic E-state index is -0.724. The van der Waals surface area contributed by atoms with Gasteiger partial charge >= 0.3 is 0 Å². The molecule has 6 nitrogen and oxygen atoms in total. The Morgan fingerprint density at radius 2 is 2.45 bits per heavy atom. The number of nitro groups is 1. The van der Waals surface area contributed by atoms with Crippen LogP contribution in [0, 0.1) is 10.1 Å². The Bertz CT molecular complexity index is 136. The van der Waals surface area contributed by atoms with Gasteiger partial charge < -0.3 is 15.4 Å². The molecule has 0 aliphatic rings. The predicted octanol–water partition coefficient (Wildman–Crippen LogP) is 0.101. The smallest absolute Gasteiger partial charge is 0.229 e. The minimum absolute atomic E-state index is 0.724. The van der Waals surface area contributed by atoms with Crippen LogP contribution in [0.15, 0.2) is 5.10 Å². The normalized spacial score (nSPS) is 9.91. The van der Waals surface area contributed by atoms with Crippen LogP contribution >= 0.6 is 0 Å². The summed E-state index contributed by atoms with van der Waals surface area (Å²) in [6.45, 7) is 2.85. The molecule has 0 radical (unpaired) electrons. The van der Waals surface area contributed by atoms with Crippen molar-refractivity contribution >= 4 is 6.34 Å². The highest BCUT2D eigenvalue weighted by atomic mass is 16.7. The molecule has 0 unspecified atom stereocenters. The summed E-state index contributed by atoms with van der Waals surface area (Å²) in [5, 5.41) is 15.0. The van der Waals surface area contributed by atoms with Gasteiger partial charge in [0.25, 0.3) is 0 Å². The van der Waals surface area contributed by atoms with Gasteiger partial charge in [0.15, 0.2) is 0 Å². The van der Waals surface area contributed by atoms with Crippen molar-refractivity contribution in [3.63, 3.8) is 0 Å². The molecule has 0 aromatic heterocycles. The second-order valence-corrected chi connectivity index (χ2v) is 1.92. The van der Waals surface area contributed by atoms with Crippen LogP contribution in [0.4, 0.5) is 0 Å². The first-order valence-electron chi connectivity index (χ1n) is 3.42. The average molecular weight is 160 g/mol. The average Bonchev–Trinajstić information content (AvgIpc) is 1.96. The number of unbranched alkanes of at least 4 members (excludes halogenated alkanes) is 1. The molecule has 0 aromatic rings. The van der Waals surface area contributed by atoms with Crippen LogP contribution in [0.5, 0.6) is 0 Å². The van der Waals surface area contributed by atoms with E-state index in [0.29, 0.717) is 0 Å². The number of rotatable bonds is 6. The fourth-order valence-corrected chi connectivity index (χ4v) is 0.465. The van der Waals surface area contributed by atoms with E-state index in [-0.39, 0.29) is 0 Å². The van der Waals surface area contributed by atoms with Gasteiger partial charge in [0, 0.05) is 6.54 Å². The lowest BCUT2D eigenvalue weighted by Crippen LogP contribution is -2.19. The largest absolute Gasteiger partial charge is 0.354 e. The number of hydrogen-bond acceptors (Lipinski definition) is 3. The van der Waals surface area contributed by atoms with E-state index in [1.165, 1.54) is 6.34 Å². The third-order valence-corrected chi connectivity index (χ3v) is 0.970. The van der Waals surface area contributed by atoms with Crippen LogP contribution in [-0.2, 0) is 0 Å². The van der Waals surface area contributed by atoms with Gasteiger partial charge in [-0.15, -0.1) is 0 Å². The number of nitrogens with zero attached hydrogens (tertiary/aromatic N) is 2. The van der Waals surface area contributed by atoms with Crippen molar-refractivity contribution in [3.05, 3.63) is 10.1 Å². The second kappa shape index (κ2) is 6.79. The van der Waals surface area contributed by atoms with Gasteiger partial charge in [0.1, 0.15) is 0 Å². The van der Waals surface area contributed by atoms with Crippen LogP contribution in [0.25, 0.3) is 0 Å². The van der Waals surface area contributed by atoms with Crippen LogP contribution < -0.4 is 10.9 Å². The molecular formula is C5H12N4O2. The number of nitrogens with one attached hydrogen (secondary N) is 2. The zero-order valence-electron chi connectivity index (χ0n) is 6.41. The maximum absolute atomic E-state index is 9.64. The fourth-order valence-electron chi connectivity index (χ4n) is 0.465. The molecule has 0 spiro atoms. The summed E-state index contributed by atoms with van der Waals surface area (Å²) >= 11 is 0. The van der Waals surface area contributed by atoms with E-state index in [1.807, 2.05) is 0 Å². The van der Waals surface area contributed by atoms with E-state index >= 15 is 0 Å². The number of hydrazine groups is 1. The quantitative estimate of drug-likeness (QED) is 0.190. The predicted molar refractivity (Wildman–Crippen MR) is 41.5 cm³/mol. The first-order valence-corrected chi connectivity index (χ1v) is 3.42. The lowest BCUT2D eigenvalue weighted by Gasteiger charge is -1.92. The number of hydrogen-bond donors (Lipinski definition) is 2. The molecule has 0 saturated carbocycles. The van der Waals surface area contributed by atoms with Crippen LogP contribution in [0.3, 0.4) is 0 Å². The topological polar surface area (TPSA) is 79.6 Å². The van der Waals surface area contributed by atoms with Gasteiger partial charge in [-0.2, -0.15) is 0 Å². The van der Waals surface area contributed by atoms with E-state index in [1.54, 1.807) is 5.53 Å². The molecule has 0 amide bonds. The summed E-state index contributed by atoms with van der Waals surface area (Å²) in [5.74, 6) is 0. The van der Waals surface area contributed by atoms with Gasteiger partial charge in [-0.1, -0.05) is 13.3 Å². The zero-order valence-corrected chi connectivity index (χ0v) is 6.41. The highest BCUT2D eigenvalue weighted by Gasteiger charge is 1.84. The molecule has 11 heavy (non-hydrogen) atoms. The molecule has 0 heterocycles. The van der Waals surface area contributed by atoms with E-state index < -0.39 is 5.03 Å². The lowest BCUT2D eigenvalue weighted by atomic mass is 10.3. The van der Waals surface area contributed by atoms with E-state index in [9.17, 15) is 10.1 Å². The maximum atomic E-state index is 9.64. The molecule has 0 aromatic carbocycles. The third-order valence-electron chi connectivity index (χ3n) is 0.970. The summed E-state index contributed by atoms with van der Waals surface area (Å²) in [5.41, 5.74) is 1.65. The molecule has 0 aliphatic carbocycles. The lowest BCUT2D eigenvalue weighted by molar-refractivity contribution is -0.544. The Kier molecular flexibility index (Phi) is 5.96. The SMILES string of the molecule is CCCCN/C=N\N[N+](=O)[O-]. The Hall–Kier alpha value is -1.33. The summed E-state index contributed by atoms with van der Waals surface area (Å²) < 4.78 is 0. The van der Waals surface area contributed by atoms with Gasteiger partial charge in [-0.3, -0.25) is 0 Å². The van der Waals surface area contributed by atoms with Gasteiger partial charge in [-0.05, 0) is 12.0 Å². The van der Waals surface area contributed by atoms with Crippen molar-refractivity contribution in [3.8, 4) is 0 Å². The van der Waals surface area contributed by atoms with Gasteiger partial charge in [0.05, 0.1) is 10.1 Å². The molecule has 0 fully saturated rings. The molecule has 2 N–H and O–H groups in total. The first kappa shape index (κ1) is 9.67. The van der Waals surface area contributed by atoms with Crippen molar-refractivity contribution in [2.24, 2.45) is 5.10 Å². The van der Waals surface area contributed by atoms with Crippen molar-refractivity contribution < 1.29 is 5.03 Å². The molecule has 0 atom stereocenters. The molecule has 0 aliphatic heterocycles. The van der Waals surface area contributed by atoms with Gasteiger partial charge in [0.2, 0.25) is 6.34 Å². The summed E-state index contributed by atoms with van der Waals surface area (Å²) in [4.78, 5) is 9.64. The molecule has 6 heteroatoms. The van der Waals surface area contributed by atoms with Crippen LogP contribution in [-0.4, -0.2) is 17.9 Å². The van der Waals surface area contributed by atoms with Crippen molar-refractivity contribution in [2.45, 2.75) is 19.8 Å². The summed E-state index contributed by atoms with van der Waals surface area (Å²) in [7, 11) is 0. The standard InChI is InChI=1S/C5H12N4O2/c1-2-3-4-6-5-7-8-9(10)11/h5,8H,2-4H2,1H3,(H,6,7). The Labute approximate surface area is 64.8 Å². The highest BCUT2D eigenvalue weighted by Crippen LogP contribution is 1.79. The Balaban J connectivity index is 3.10. The molecule has 64 valence electrons. The van der Waals surface area contributed by atoms with Crippen molar-refractivity contribution in [1.82, 2.24) is 10.9 Å². The van der Waals surface area contributed by atoms with Crippen LogP contribution in [0.2, 0.25) is 0 Å². The maximum Gasteiger partial charge on any atom is 0.229 e. The van der Waals surface area contributed by atoms with E-state index in [4.69, 9.17) is 0 Å². The third kappa shape index (κ3) is 8.67. The number of hydrazone groups is 1. The zero-order chi connectivity index (χ0) is 8.53. The van der Waals surface area contributed by atoms with Crippen LogP contribution in [0.1, 0.15) is 19.8 Å². The fraction of sp³-hybridized carbons (Fsp3) is 0.800. The van der Waals surface area contributed by atoms with Gasteiger partial charge in [-0.25, -0.2) is 0 Å². The Morgan fingerprint density at radius 3 is 3.00 bits per heavy atom. The Morgan fingerprint density at radius 1 is 1.73 bits per heavy atom. The molecule has 0 saturated heterocycles. The first-order chi connectivity index (χ1) is 5.27. The molecule has 0 bridgehead atoms. The highest BCUT2D eigenvalue weighted by molar-refractivity contribution is 5.53. The monoisotopic (exact) mass is 160 g/mol. The van der Waals surface area contributed by atoms with Crippen molar-refractivity contribution in [2.75, 3.05) is 6.54 Å². The van der Waals surface area contributed by atoms with E-state index in [2.05, 4.69) is 17.3 Å².